The number of nitrogens with one attached hydrogen (secondary N) is 1. The Morgan fingerprint density at radius 2 is 2.31 bits per heavy atom. The number of fused-ring (bicyclic) bond motifs is 1. The number of hydrogen-bond acceptors (Lipinski definition) is 1. The van der Waals surface area contributed by atoms with Gasteiger partial charge in [-0.05, 0) is 23.1 Å². The Balaban J connectivity index is 2.58. The van der Waals surface area contributed by atoms with Crippen LogP contribution in [0.2, 0.25) is 5.02 Å². The largest absolute Gasteiger partial charge is 0.312 e. The highest BCUT2D eigenvalue weighted by Gasteiger charge is 2.21. The van der Waals surface area contributed by atoms with E-state index in [0.717, 1.165) is 24.2 Å². The summed E-state index contributed by atoms with van der Waals surface area (Å²) < 4.78 is 13.6. The fourth-order valence-electron chi connectivity index (χ4n) is 1.82. The number of halogens is 2. The van der Waals surface area contributed by atoms with Gasteiger partial charge in [0.25, 0.3) is 0 Å². The predicted molar refractivity (Wildman–Crippen MR) is 51.5 cm³/mol. The summed E-state index contributed by atoms with van der Waals surface area (Å²) in [5, 5.41) is 3.46. The van der Waals surface area contributed by atoms with Crippen LogP contribution in [0.25, 0.3) is 0 Å². The zero-order valence-corrected chi connectivity index (χ0v) is 8.16. The van der Waals surface area contributed by atoms with Crippen LogP contribution in [-0.2, 0) is 6.54 Å². The molecule has 1 atom stereocenters. The summed E-state index contributed by atoms with van der Waals surface area (Å²) in [6.45, 7) is 3.57. The van der Waals surface area contributed by atoms with E-state index in [9.17, 15) is 4.39 Å². The molecule has 0 saturated carbocycles. The Hall–Kier alpha value is -0.600. The molecule has 1 aliphatic heterocycles. The lowest BCUT2D eigenvalue weighted by molar-refractivity contribution is 0.523. The highest BCUT2D eigenvalue weighted by atomic mass is 35.5. The smallest absolute Gasteiger partial charge is 0.145 e. The molecule has 1 aliphatic rings. The summed E-state index contributed by atoms with van der Waals surface area (Å²) in [6.07, 6.45) is 0. The van der Waals surface area contributed by atoms with Gasteiger partial charge in [0.15, 0.2) is 0 Å². The molecular weight excluding hydrogens is 189 g/mol. The summed E-state index contributed by atoms with van der Waals surface area (Å²) in [7, 11) is 0. The lowest BCUT2D eigenvalue weighted by Crippen LogP contribution is -2.27. The van der Waals surface area contributed by atoms with Gasteiger partial charge in [-0.15, -0.1) is 0 Å². The van der Waals surface area contributed by atoms with Crippen molar-refractivity contribution < 1.29 is 4.39 Å². The maximum atomic E-state index is 13.6. The molecule has 0 saturated heterocycles. The minimum absolute atomic E-state index is 0.211. The predicted octanol–water partition coefficient (Wildman–Crippen LogP) is 2.69. The van der Waals surface area contributed by atoms with Crippen LogP contribution in [0.15, 0.2) is 12.1 Å². The van der Waals surface area contributed by atoms with E-state index in [4.69, 9.17) is 11.6 Å². The first-order chi connectivity index (χ1) is 6.20. The van der Waals surface area contributed by atoms with Crippen molar-refractivity contribution in [1.82, 2.24) is 5.32 Å². The first-order valence-corrected chi connectivity index (χ1v) is 4.75. The van der Waals surface area contributed by atoms with Gasteiger partial charge in [-0.2, -0.15) is 0 Å². The second-order valence-corrected chi connectivity index (χ2v) is 3.87. The lowest BCUT2D eigenvalue weighted by atomic mass is 9.92. The standard InChI is InChI=1S/C10H11ClFN/c1-6-4-13-5-7-2-3-8(11)10(12)9(6)7/h2-3,6,13H,4-5H2,1H3. The molecule has 1 unspecified atom stereocenters. The maximum absolute atomic E-state index is 13.6. The van der Waals surface area contributed by atoms with E-state index in [1.807, 2.05) is 13.0 Å². The van der Waals surface area contributed by atoms with Gasteiger partial charge >= 0.3 is 0 Å². The van der Waals surface area contributed by atoms with Gasteiger partial charge in [-0.3, -0.25) is 0 Å². The molecule has 0 bridgehead atoms. The quantitative estimate of drug-likeness (QED) is 0.678. The first-order valence-electron chi connectivity index (χ1n) is 4.37. The zero-order chi connectivity index (χ0) is 9.42. The Labute approximate surface area is 81.9 Å². The Morgan fingerprint density at radius 1 is 1.54 bits per heavy atom. The first kappa shape index (κ1) is 8.97. The third kappa shape index (κ3) is 1.45. The molecule has 1 heterocycles. The summed E-state index contributed by atoms with van der Waals surface area (Å²) in [5.74, 6) is -0.0318. The Morgan fingerprint density at radius 3 is 3.08 bits per heavy atom. The van der Waals surface area contributed by atoms with Crippen molar-refractivity contribution in [3.63, 3.8) is 0 Å². The van der Waals surface area contributed by atoms with Crippen molar-refractivity contribution in [2.45, 2.75) is 19.4 Å². The molecule has 13 heavy (non-hydrogen) atoms. The second-order valence-electron chi connectivity index (χ2n) is 3.47. The van der Waals surface area contributed by atoms with Crippen molar-refractivity contribution in [2.24, 2.45) is 0 Å². The van der Waals surface area contributed by atoms with E-state index in [-0.39, 0.29) is 16.8 Å². The fraction of sp³-hybridized carbons (Fsp3) is 0.400. The summed E-state index contributed by atoms with van der Waals surface area (Å²) in [4.78, 5) is 0. The van der Waals surface area contributed by atoms with E-state index in [1.54, 1.807) is 6.07 Å². The fourth-order valence-corrected chi connectivity index (χ4v) is 1.98. The molecular formula is C10H11ClFN. The van der Waals surface area contributed by atoms with Crippen LogP contribution in [-0.4, -0.2) is 6.54 Å². The molecule has 0 aromatic heterocycles. The van der Waals surface area contributed by atoms with Gasteiger partial charge in [0.2, 0.25) is 0 Å². The van der Waals surface area contributed by atoms with Crippen LogP contribution in [0.5, 0.6) is 0 Å². The number of benzene rings is 1. The molecule has 70 valence electrons. The van der Waals surface area contributed by atoms with Crippen molar-refractivity contribution >= 4 is 11.6 Å². The molecule has 1 aromatic rings. The minimum atomic E-state index is -0.242. The van der Waals surface area contributed by atoms with E-state index in [0.29, 0.717) is 0 Å². The summed E-state index contributed by atoms with van der Waals surface area (Å²) in [5.41, 5.74) is 1.81. The molecule has 0 amide bonds. The van der Waals surface area contributed by atoms with Crippen LogP contribution >= 0.6 is 11.6 Å². The Kier molecular flexibility index (Phi) is 2.26. The average molecular weight is 200 g/mol. The van der Waals surface area contributed by atoms with Crippen molar-refractivity contribution in [1.29, 1.82) is 0 Å². The van der Waals surface area contributed by atoms with Crippen LogP contribution < -0.4 is 5.32 Å². The van der Waals surface area contributed by atoms with Crippen molar-refractivity contribution in [2.75, 3.05) is 6.54 Å². The highest BCUT2D eigenvalue weighted by Crippen LogP contribution is 2.30. The van der Waals surface area contributed by atoms with E-state index in [2.05, 4.69) is 5.32 Å². The SMILES string of the molecule is CC1CNCc2ccc(Cl)c(F)c21. The minimum Gasteiger partial charge on any atom is -0.312 e. The van der Waals surface area contributed by atoms with E-state index in [1.165, 1.54) is 0 Å². The summed E-state index contributed by atoms with van der Waals surface area (Å²) in [6, 6.07) is 3.51. The molecule has 0 aliphatic carbocycles. The molecule has 1 N–H and O–H groups in total. The van der Waals surface area contributed by atoms with Crippen molar-refractivity contribution in [3.05, 3.63) is 34.1 Å². The van der Waals surface area contributed by atoms with E-state index >= 15 is 0 Å². The molecule has 0 radical (unpaired) electrons. The van der Waals surface area contributed by atoms with Gasteiger partial charge in [-0.25, -0.2) is 4.39 Å². The molecule has 0 fully saturated rings. The van der Waals surface area contributed by atoms with Gasteiger partial charge in [0, 0.05) is 13.1 Å². The average Bonchev–Trinajstić information content (AvgIpc) is 2.12. The highest BCUT2D eigenvalue weighted by molar-refractivity contribution is 6.30. The van der Waals surface area contributed by atoms with Crippen LogP contribution in [0, 0.1) is 5.82 Å². The monoisotopic (exact) mass is 199 g/mol. The second kappa shape index (κ2) is 3.28. The molecule has 0 spiro atoms. The van der Waals surface area contributed by atoms with Crippen LogP contribution in [0.3, 0.4) is 0 Å². The topological polar surface area (TPSA) is 12.0 Å². The van der Waals surface area contributed by atoms with Crippen LogP contribution in [0.4, 0.5) is 4.39 Å². The molecule has 2 rings (SSSR count). The molecule has 1 nitrogen and oxygen atoms in total. The molecule has 3 heteroatoms. The van der Waals surface area contributed by atoms with Gasteiger partial charge in [-0.1, -0.05) is 24.6 Å². The van der Waals surface area contributed by atoms with Crippen molar-refractivity contribution in [3.8, 4) is 0 Å². The lowest BCUT2D eigenvalue weighted by Gasteiger charge is -2.24. The van der Waals surface area contributed by atoms with Gasteiger partial charge in [0.1, 0.15) is 5.82 Å². The van der Waals surface area contributed by atoms with Crippen LogP contribution in [0.1, 0.15) is 24.0 Å². The van der Waals surface area contributed by atoms with Gasteiger partial charge in [0.05, 0.1) is 5.02 Å². The Bertz CT molecular complexity index is 338. The van der Waals surface area contributed by atoms with E-state index < -0.39 is 0 Å². The third-order valence-electron chi connectivity index (χ3n) is 2.48. The number of rotatable bonds is 0. The summed E-state index contributed by atoms with van der Waals surface area (Å²) >= 11 is 5.72. The molecule has 1 aromatic carbocycles. The zero-order valence-electron chi connectivity index (χ0n) is 7.40. The maximum Gasteiger partial charge on any atom is 0.145 e. The van der Waals surface area contributed by atoms with Gasteiger partial charge < -0.3 is 5.32 Å². The third-order valence-corrected chi connectivity index (χ3v) is 2.77. The number of hydrogen-bond donors (Lipinski definition) is 1. The normalized spacial score (nSPS) is 21.3.